The summed E-state index contributed by atoms with van der Waals surface area (Å²) in [5.74, 6) is 0.601. The molecule has 0 atom stereocenters. The number of hydrogen-bond acceptors (Lipinski definition) is 4. The fraction of sp³-hybridized carbons (Fsp3) is 0.455. The van der Waals surface area contributed by atoms with E-state index in [0.717, 1.165) is 37.3 Å². The highest BCUT2D eigenvalue weighted by Gasteiger charge is 2.26. The first-order valence-electron chi connectivity index (χ1n) is 10.5. The second-order valence-electron chi connectivity index (χ2n) is 7.88. The van der Waals surface area contributed by atoms with Gasteiger partial charge in [-0.3, -0.25) is 15.0 Å². The molecule has 152 valence electrons. The Balaban J connectivity index is 1.47. The number of rotatable bonds is 6. The summed E-state index contributed by atoms with van der Waals surface area (Å²) < 4.78 is 2.81. The van der Waals surface area contributed by atoms with Crippen LogP contribution in [0.15, 0.2) is 47.7 Å². The minimum absolute atomic E-state index is 0.0393. The number of nitrogens with one attached hydrogen (secondary N) is 1. The Hall–Kier alpha value is -2.96. The molecular formula is C22H27N5O2. The Morgan fingerprint density at radius 2 is 1.93 bits per heavy atom. The predicted octanol–water partition coefficient (Wildman–Crippen LogP) is 3.65. The maximum Gasteiger partial charge on any atom is 0.283 e. The number of amides is 1. The van der Waals surface area contributed by atoms with E-state index in [1.807, 2.05) is 30.3 Å². The lowest BCUT2D eigenvalue weighted by Gasteiger charge is -2.27. The van der Waals surface area contributed by atoms with Gasteiger partial charge in [-0.25, -0.2) is 14.3 Å². The quantitative estimate of drug-likeness (QED) is 0.693. The van der Waals surface area contributed by atoms with Crippen LogP contribution in [0.3, 0.4) is 0 Å². The largest absolute Gasteiger partial charge is 0.283 e. The second-order valence-corrected chi connectivity index (χ2v) is 7.88. The van der Waals surface area contributed by atoms with E-state index in [1.165, 1.54) is 36.5 Å². The Labute approximate surface area is 169 Å². The van der Waals surface area contributed by atoms with Crippen molar-refractivity contribution in [1.29, 1.82) is 0 Å². The zero-order valence-electron chi connectivity index (χ0n) is 16.8. The molecule has 1 aliphatic carbocycles. The monoisotopic (exact) mass is 393 g/mol. The Kier molecular flexibility index (Phi) is 5.74. The summed E-state index contributed by atoms with van der Waals surface area (Å²) in [6.07, 6.45) is 10.6. The minimum Gasteiger partial charge on any atom is -0.273 e. The van der Waals surface area contributed by atoms with Crippen molar-refractivity contribution in [2.45, 2.75) is 51.9 Å². The van der Waals surface area contributed by atoms with Crippen LogP contribution in [0.2, 0.25) is 0 Å². The predicted molar refractivity (Wildman–Crippen MR) is 112 cm³/mol. The van der Waals surface area contributed by atoms with Gasteiger partial charge in [-0.2, -0.15) is 5.10 Å². The van der Waals surface area contributed by atoms with E-state index < -0.39 is 0 Å². The van der Waals surface area contributed by atoms with Gasteiger partial charge in [0.2, 0.25) is 5.91 Å². The molecule has 0 bridgehead atoms. The van der Waals surface area contributed by atoms with Gasteiger partial charge in [0.15, 0.2) is 5.65 Å². The third-order valence-electron chi connectivity index (χ3n) is 5.90. The molecule has 1 aromatic carbocycles. The number of nitrogens with zero attached hydrogens (tertiary/aromatic N) is 4. The summed E-state index contributed by atoms with van der Waals surface area (Å²) in [5.41, 5.74) is 3.73. The average molecular weight is 393 g/mol. The van der Waals surface area contributed by atoms with Crippen LogP contribution in [0.5, 0.6) is 0 Å². The standard InChI is InChI=1S/C22H27N5O2/c1-2-3-7-16-10-12-17(13-11-16)21(28)25-26-15-23-20-19(22(26)29)14-24-27(20)18-8-5-4-6-9-18/h4-6,8-9,14-17H,2-3,7,10-13H2,1H3,(H,25,28). The van der Waals surface area contributed by atoms with Crippen molar-refractivity contribution in [2.75, 3.05) is 5.43 Å². The summed E-state index contributed by atoms with van der Waals surface area (Å²) in [4.78, 5) is 29.9. The highest BCUT2D eigenvalue weighted by Crippen LogP contribution is 2.32. The van der Waals surface area contributed by atoms with Crippen LogP contribution in [0, 0.1) is 11.8 Å². The van der Waals surface area contributed by atoms with Gasteiger partial charge in [0.1, 0.15) is 11.7 Å². The van der Waals surface area contributed by atoms with Crippen LogP contribution in [-0.2, 0) is 4.79 Å². The van der Waals surface area contributed by atoms with Crippen LogP contribution in [-0.4, -0.2) is 25.3 Å². The van der Waals surface area contributed by atoms with Crippen molar-refractivity contribution in [3.05, 3.63) is 53.2 Å². The molecule has 0 saturated heterocycles. The smallest absolute Gasteiger partial charge is 0.273 e. The molecule has 2 aromatic heterocycles. The first-order valence-corrected chi connectivity index (χ1v) is 10.5. The molecule has 4 rings (SSSR count). The Morgan fingerprint density at radius 3 is 2.66 bits per heavy atom. The lowest BCUT2D eigenvalue weighted by Crippen LogP contribution is -2.37. The molecule has 2 heterocycles. The van der Waals surface area contributed by atoms with E-state index in [0.29, 0.717) is 11.0 Å². The molecule has 0 radical (unpaired) electrons. The summed E-state index contributed by atoms with van der Waals surface area (Å²) in [6, 6.07) is 9.53. The third-order valence-corrected chi connectivity index (χ3v) is 5.90. The molecule has 29 heavy (non-hydrogen) atoms. The molecule has 1 aliphatic rings. The molecule has 1 fully saturated rings. The van der Waals surface area contributed by atoms with Crippen LogP contribution in [0.1, 0.15) is 51.9 Å². The van der Waals surface area contributed by atoms with Crippen molar-refractivity contribution >= 4 is 16.9 Å². The van der Waals surface area contributed by atoms with E-state index in [9.17, 15) is 9.59 Å². The SMILES string of the molecule is CCCCC1CCC(C(=O)Nn2cnc3c(cnn3-c3ccccc3)c2=O)CC1. The zero-order valence-corrected chi connectivity index (χ0v) is 16.8. The zero-order chi connectivity index (χ0) is 20.2. The van der Waals surface area contributed by atoms with Crippen LogP contribution in [0.25, 0.3) is 16.7 Å². The molecule has 1 saturated carbocycles. The van der Waals surface area contributed by atoms with Crippen molar-refractivity contribution < 1.29 is 4.79 Å². The first-order chi connectivity index (χ1) is 14.2. The number of aromatic nitrogens is 4. The van der Waals surface area contributed by atoms with Gasteiger partial charge in [0.25, 0.3) is 5.56 Å². The maximum absolute atomic E-state index is 12.8. The molecule has 1 N–H and O–H groups in total. The maximum atomic E-state index is 12.8. The number of benzene rings is 1. The molecule has 1 amide bonds. The molecule has 0 unspecified atom stereocenters. The number of fused-ring (bicyclic) bond motifs is 1. The highest BCUT2D eigenvalue weighted by atomic mass is 16.2. The second kappa shape index (κ2) is 8.59. The fourth-order valence-corrected chi connectivity index (χ4v) is 4.17. The van der Waals surface area contributed by atoms with Crippen molar-refractivity contribution in [3.8, 4) is 5.69 Å². The third kappa shape index (κ3) is 4.09. The van der Waals surface area contributed by atoms with Gasteiger partial charge in [-0.1, -0.05) is 44.4 Å². The normalized spacial score (nSPS) is 19.3. The molecule has 0 spiro atoms. The van der Waals surface area contributed by atoms with Gasteiger partial charge in [-0.15, -0.1) is 0 Å². The molecule has 0 aliphatic heterocycles. The number of para-hydroxylation sites is 1. The first kappa shape index (κ1) is 19.4. The summed E-state index contributed by atoms with van der Waals surface area (Å²) in [6.45, 7) is 2.21. The van der Waals surface area contributed by atoms with Crippen molar-refractivity contribution in [1.82, 2.24) is 19.4 Å². The van der Waals surface area contributed by atoms with Crippen molar-refractivity contribution in [2.24, 2.45) is 11.8 Å². The van der Waals surface area contributed by atoms with Crippen molar-refractivity contribution in [3.63, 3.8) is 0 Å². The van der Waals surface area contributed by atoms with Crippen LogP contribution in [0.4, 0.5) is 0 Å². The lowest BCUT2D eigenvalue weighted by atomic mass is 9.79. The topological polar surface area (TPSA) is 81.8 Å². The summed E-state index contributed by atoms with van der Waals surface area (Å²) in [5, 5.41) is 4.67. The number of hydrogen-bond donors (Lipinski definition) is 1. The molecule has 7 heteroatoms. The molecule has 3 aromatic rings. The van der Waals surface area contributed by atoms with E-state index in [-0.39, 0.29) is 17.4 Å². The molecule has 7 nitrogen and oxygen atoms in total. The van der Waals surface area contributed by atoms with Gasteiger partial charge in [0, 0.05) is 5.92 Å². The summed E-state index contributed by atoms with van der Waals surface area (Å²) in [7, 11) is 0. The van der Waals surface area contributed by atoms with E-state index in [1.54, 1.807) is 4.68 Å². The Morgan fingerprint density at radius 1 is 1.17 bits per heavy atom. The average Bonchev–Trinajstić information content (AvgIpc) is 3.20. The van der Waals surface area contributed by atoms with Crippen LogP contribution >= 0.6 is 0 Å². The van der Waals surface area contributed by atoms with Gasteiger partial charge < -0.3 is 0 Å². The Bertz CT molecular complexity index is 1030. The van der Waals surface area contributed by atoms with Gasteiger partial charge >= 0.3 is 0 Å². The van der Waals surface area contributed by atoms with Crippen LogP contribution < -0.4 is 11.0 Å². The molecular weight excluding hydrogens is 366 g/mol. The number of unbranched alkanes of at least 4 members (excludes halogenated alkanes) is 1. The van der Waals surface area contributed by atoms with Gasteiger partial charge in [-0.05, 0) is 43.7 Å². The highest BCUT2D eigenvalue weighted by molar-refractivity contribution is 5.86. The minimum atomic E-state index is -0.317. The number of carbonyl (C=O) groups is 1. The van der Waals surface area contributed by atoms with Gasteiger partial charge in [0.05, 0.1) is 11.9 Å². The summed E-state index contributed by atoms with van der Waals surface area (Å²) >= 11 is 0. The fourth-order valence-electron chi connectivity index (χ4n) is 4.17. The van der Waals surface area contributed by atoms with E-state index in [2.05, 4.69) is 22.4 Å². The van der Waals surface area contributed by atoms with E-state index >= 15 is 0 Å². The number of carbonyl (C=O) groups excluding carboxylic acids is 1. The lowest BCUT2D eigenvalue weighted by molar-refractivity contribution is -0.122. The van der Waals surface area contributed by atoms with E-state index in [4.69, 9.17) is 0 Å².